The zero-order chi connectivity index (χ0) is 23.9. The summed E-state index contributed by atoms with van der Waals surface area (Å²) in [6, 6.07) is 14.9. The van der Waals surface area contributed by atoms with Crippen molar-refractivity contribution in [3.63, 3.8) is 0 Å². The third-order valence-corrected chi connectivity index (χ3v) is 7.57. The van der Waals surface area contributed by atoms with E-state index in [-0.39, 0.29) is 18.1 Å². The minimum Gasteiger partial charge on any atom is -0.481 e. The lowest BCUT2D eigenvalue weighted by molar-refractivity contribution is -0.140. The highest BCUT2D eigenvalue weighted by atomic mass is 16.5. The van der Waals surface area contributed by atoms with Crippen LogP contribution in [0.3, 0.4) is 0 Å². The van der Waals surface area contributed by atoms with E-state index >= 15 is 0 Å². The average molecular weight is 463 g/mol. The van der Waals surface area contributed by atoms with Crippen LogP contribution in [0.25, 0.3) is 11.1 Å². The molecule has 0 heterocycles. The van der Waals surface area contributed by atoms with Gasteiger partial charge in [0.15, 0.2) is 0 Å². The lowest BCUT2D eigenvalue weighted by Gasteiger charge is -2.33. The number of benzene rings is 2. The monoisotopic (exact) mass is 462 g/mol. The SMILES string of the molecule is CC(NC(=O)C(CC(=O)O)NC(=O)OCC1c2ccccc2-c2ccccc21)(C1CC1)C1CC1. The topological polar surface area (TPSA) is 105 Å². The number of carboxylic acids is 1. The van der Waals surface area contributed by atoms with E-state index < -0.39 is 30.4 Å². The molecule has 2 aromatic rings. The number of hydrogen-bond acceptors (Lipinski definition) is 4. The number of carbonyl (C=O) groups is 3. The first-order chi connectivity index (χ1) is 16.4. The molecular weight excluding hydrogens is 432 g/mol. The normalized spacial score (nSPS) is 17.9. The number of carbonyl (C=O) groups excluding carboxylic acids is 2. The minimum absolute atomic E-state index is 0.100. The van der Waals surface area contributed by atoms with E-state index in [2.05, 4.69) is 22.8 Å². The molecule has 0 spiro atoms. The zero-order valence-corrected chi connectivity index (χ0v) is 19.3. The fraction of sp³-hybridized carbons (Fsp3) is 0.444. The maximum Gasteiger partial charge on any atom is 0.407 e. The van der Waals surface area contributed by atoms with Crippen LogP contribution in [-0.2, 0) is 14.3 Å². The third-order valence-electron chi connectivity index (χ3n) is 7.57. The maximum atomic E-state index is 13.0. The Bertz CT molecular complexity index is 1060. The Kier molecular flexibility index (Phi) is 5.80. The van der Waals surface area contributed by atoms with Crippen LogP contribution < -0.4 is 10.6 Å². The van der Waals surface area contributed by atoms with Crippen molar-refractivity contribution in [2.24, 2.45) is 11.8 Å². The molecule has 0 saturated heterocycles. The molecule has 2 saturated carbocycles. The molecule has 34 heavy (non-hydrogen) atoms. The standard InChI is InChI=1S/C27H30N2O5/c1-27(16-10-11-16,17-12-13-17)29-25(32)23(14-24(30)31)28-26(33)34-15-22-20-8-4-2-6-18(20)19-7-3-5-9-21(19)22/h2-9,16-17,22-23H,10-15H2,1H3,(H,28,33)(H,29,32)(H,30,31). The highest BCUT2D eigenvalue weighted by molar-refractivity contribution is 5.90. The number of carboxylic acid groups (broad SMARTS) is 1. The summed E-state index contributed by atoms with van der Waals surface area (Å²) in [5, 5.41) is 14.9. The molecule has 5 rings (SSSR count). The molecule has 0 bridgehead atoms. The number of hydrogen-bond donors (Lipinski definition) is 3. The van der Waals surface area contributed by atoms with Crippen molar-refractivity contribution in [2.75, 3.05) is 6.61 Å². The van der Waals surface area contributed by atoms with Crippen LogP contribution in [0, 0.1) is 11.8 Å². The Morgan fingerprint density at radius 1 is 0.971 bits per heavy atom. The van der Waals surface area contributed by atoms with Gasteiger partial charge >= 0.3 is 12.1 Å². The van der Waals surface area contributed by atoms with Gasteiger partial charge < -0.3 is 20.5 Å². The van der Waals surface area contributed by atoms with Gasteiger partial charge in [0.1, 0.15) is 12.6 Å². The summed E-state index contributed by atoms with van der Waals surface area (Å²) >= 11 is 0. The zero-order valence-electron chi connectivity index (χ0n) is 19.3. The predicted octanol–water partition coefficient (Wildman–Crippen LogP) is 4.06. The summed E-state index contributed by atoms with van der Waals surface area (Å²) < 4.78 is 5.53. The molecule has 1 unspecified atom stereocenters. The highest BCUT2D eigenvalue weighted by Crippen LogP contribution is 2.52. The van der Waals surface area contributed by atoms with Crippen LogP contribution in [0.1, 0.15) is 56.1 Å². The largest absolute Gasteiger partial charge is 0.481 e. The van der Waals surface area contributed by atoms with E-state index in [0.29, 0.717) is 11.8 Å². The van der Waals surface area contributed by atoms with Crippen LogP contribution in [0.2, 0.25) is 0 Å². The first kappa shape index (κ1) is 22.4. The molecule has 7 heteroatoms. The number of fused-ring (bicyclic) bond motifs is 3. The first-order valence-corrected chi connectivity index (χ1v) is 12.0. The molecule has 3 N–H and O–H groups in total. The van der Waals surface area contributed by atoms with E-state index in [1.165, 1.54) is 0 Å². The Balaban J connectivity index is 1.25. The summed E-state index contributed by atoms with van der Waals surface area (Å²) in [6.45, 7) is 2.15. The Morgan fingerprint density at radius 2 is 1.50 bits per heavy atom. The molecule has 3 aliphatic carbocycles. The lowest BCUT2D eigenvalue weighted by atomic mass is 9.89. The van der Waals surface area contributed by atoms with E-state index in [1.807, 2.05) is 43.3 Å². The van der Waals surface area contributed by atoms with E-state index in [9.17, 15) is 19.5 Å². The highest BCUT2D eigenvalue weighted by Gasteiger charge is 2.52. The van der Waals surface area contributed by atoms with Crippen LogP contribution >= 0.6 is 0 Å². The molecule has 2 amide bonds. The second-order valence-corrected chi connectivity index (χ2v) is 9.94. The quantitative estimate of drug-likeness (QED) is 0.521. The van der Waals surface area contributed by atoms with E-state index in [0.717, 1.165) is 47.9 Å². The van der Waals surface area contributed by atoms with Gasteiger partial charge in [-0.25, -0.2) is 4.79 Å². The van der Waals surface area contributed by atoms with Crippen molar-refractivity contribution in [3.05, 3.63) is 59.7 Å². The summed E-state index contributed by atoms with van der Waals surface area (Å²) in [5.41, 5.74) is 4.07. The average Bonchev–Trinajstić information content (AvgIpc) is 3.72. The Hall–Kier alpha value is -3.35. The van der Waals surface area contributed by atoms with Gasteiger partial charge in [0.05, 0.1) is 6.42 Å². The minimum atomic E-state index is -1.19. The van der Waals surface area contributed by atoms with Crippen LogP contribution in [0.5, 0.6) is 0 Å². The van der Waals surface area contributed by atoms with Crippen molar-refractivity contribution < 1.29 is 24.2 Å². The van der Waals surface area contributed by atoms with E-state index in [1.54, 1.807) is 0 Å². The number of aliphatic carboxylic acids is 1. The van der Waals surface area contributed by atoms with Crippen molar-refractivity contribution in [3.8, 4) is 11.1 Å². The number of amides is 2. The van der Waals surface area contributed by atoms with Crippen LogP contribution in [0.15, 0.2) is 48.5 Å². The number of alkyl carbamates (subject to hydrolysis) is 1. The number of ether oxygens (including phenoxy) is 1. The van der Waals surface area contributed by atoms with Crippen molar-refractivity contribution in [1.82, 2.24) is 10.6 Å². The van der Waals surface area contributed by atoms with Gasteiger partial charge in [0.2, 0.25) is 5.91 Å². The fourth-order valence-electron chi connectivity index (χ4n) is 5.42. The summed E-state index contributed by atoms with van der Waals surface area (Å²) in [6.07, 6.45) is 2.98. The van der Waals surface area contributed by atoms with Crippen molar-refractivity contribution in [1.29, 1.82) is 0 Å². The molecule has 0 aliphatic heterocycles. The summed E-state index contributed by atoms with van der Waals surface area (Å²) in [4.78, 5) is 37.1. The molecule has 2 aromatic carbocycles. The molecule has 0 aromatic heterocycles. The second kappa shape index (κ2) is 8.78. The third kappa shape index (κ3) is 4.39. The number of rotatable bonds is 9. The molecule has 178 valence electrons. The van der Waals surface area contributed by atoms with Crippen LogP contribution in [-0.4, -0.2) is 41.3 Å². The maximum absolute atomic E-state index is 13.0. The summed E-state index contributed by atoms with van der Waals surface area (Å²) in [5.74, 6) is -0.887. The smallest absolute Gasteiger partial charge is 0.407 e. The molecule has 2 fully saturated rings. The first-order valence-electron chi connectivity index (χ1n) is 12.0. The molecular formula is C27H30N2O5. The van der Waals surface area contributed by atoms with Gasteiger partial charge in [-0.05, 0) is 66.7 Å². The molecule has 0 radical (unpaired) electrons. The van der Waals surface area contributed by atoms with Gasteiger partial charge in [-0.3, -0.25) is 9.59 Å². The lowest BCUT2D eigenvalue weighted by Crippen LogP contribution is -2.57. The molecule has 1 atom stereocenters. The number of nitrogens with one attached hydrogen (secondary N) is 2. The fourth-order valence-corrected chi connectivity index (χ4v) is 5.42. The van der Waals surface area contributed by atoms with Gasteiger partial charge in [0, 0.05) is 11.5 Å². The van der Waals surface area contributed by atoms with Crippen LogP contribution in [0.4, 0.5) is 4.79 Å². The second-order valence-electron chi connectivity index (χ2n) is 9.94. The van der Waals surface area contributed by atoms with Gasteiger partial charge in [-0.1, -0.05) is 48.5 Å². The molecule has 7 nitrogen and oxygen atoms in total. The van der Waals surface area contributed by atoms with E-state index in [4.69, 9.17) is 4.74 Å². The van der Waals surface area contributed by atoms with Gasteiger partial charge in [-0.2, -0.15) is 0 Å². The van der Waals surface area contributed by atoms with Gasteiger partial charge in [0.25, 0.3) is 0 Å². The Morgan fingerprint density at radius 3 is 2.00 bits per heavy atom. The van der Waals surface area contributed by atoms with Gasteiger partial charge in [-0.15, -0.1) is 0 Å². The van der Waals surface area contributed by atoms with Crippen molar-refractivity contribution in [2.45, 2.75) is 56.5 Å². The molecule has 3 aliphatic rings. The Labute approximate surface area is 198 Å². The summed E-state index contributed by atoms with van der Waals surface area (Å²) in [7, 11) is 0. The predicted molar refractivity (Wildman–Crippen MR) is 126 cm³/mol. The van der Waals surface area contributed by atoms with Crippen molar-refractivity contribution >= 4 is 18.0 Å².